The first-order chi connectivity index (χ1) is 6.70. The van der Waals surface area contributed by atoms with Crippen LogP contribution in [-0.2, 0) is 7.05 Å². The van der Waals surface area contributed by atoms with Crippen molar-refractivity contribution in [2.75, 3.05) is 13.1 Å². The summed E-state index contributed by atoms with van der Waals surface area (Å²) in [4.78, 5) is 4.67. The summed E-state index contributed by atoms with van der Waals surface area (Å²) in [6.07, 6.45) is 2.45. The van der Waals surface area contributed by atoms with Crippen LogP contribution in [0.1, 0.15) is 36.0 Å². The molecule has 0 unspecified atom stereocenters. The van der Waals surface area contributed by atoms with Gasteiger partial charge >= 0.3 is 0 Å². The van der Waals surface area contributed by atoms with Crippen LogP contribution in [0, 0.1) is 13.8 Å². The molecule has 2 heterocycles. The van der Waals surface area contributed by atoms with Crippen LogP contribution >= 0.6 is 0 Å². The van der Waals surface area contributed by atoms with Crippen LogP contribution in [0.5, 0.6) is 0 Å². The topological polar surface area (TPSA) is 29.9 Å². The normalized spacial score (nSPS) is 18.8. The van der Waals surface area contributed by atoms with Crippen molar-refractivity contribution in [3.05, 3.63) is 17.2 Å². The molecule has 0 spiro atoms. The third-order valence-electron chi connectivity index (χ3n) is 3.36. The van der Waals surface area contributed by atoms with Gasteiger partial charge in [-0.3, -0.25) is 0 Å². The molecule has 1 aliphatic rings. The summed E-state index contributed by atoms with van der Waals surface area (Å²) in [5.74, 6) is 1.94. The van der Waals surface area contributed by atoms with Gasteiger partial charge < -0.3 is 9.88 Å². The minimum Gasteiger partial charge on any atom is -0.335 e. The fourth-order valence-corrected chi connectivity index (χ4v) is 2.19. The second kappa shape index (κ2) is 3.73. The Hall–Kier alpha value is -0.830. The molecule has 0 saturated carbocycles. The van der Waals surface area contributed by atoms with Gasteiger partial charge in [-0.05, 0) is 39.8 Å². The second-order valence-corrected chi connectivity index (χ2v) is 4.22. The SMILES string of the molecule is Cc1nc(C2CCNCC2)n(C)c1C. The molecule has 3 heteroatoms. The van der Waals surface area contributed by atoms with Gasteiger partial charge in [0.05, 0.1) is 5.69 Å². The molecule has 0 radical (unpaired) electrons. The van der Waals surface area contributed by atoms with Gasteiger partial charge in [0.25, 0.3) is 0 Å². The molecule has 0 aromatic carbocycles. The molecule has 1 aromatic heterocycles. The maximum absolute atomic E-state index is 4.67. The molecule has 0 amide bonds. The summed E-state index contributed by atoms with van der Waals surface area (Å²) in [6, 6.07) is 0. The zero-order valence-corrected chi connectivity index (χ0v) is 9.30. The van der Waals surface area contributed by atoms with E-state index in [1.54, 1.807) is 0 Å². The molecule has 14 heavy (non-hydrogen) atoms. The first-order valence-electron chi connectivity index (χ1n) is 5.40. The summed E-state index contributed by atoms with van der Waals surface area (Å²) >= 11 is 0. The van der Waals surface area contributed by atoms with E-state index in [4.69, 9.17) is 0 Å². The van der Waals surface area contributed by atoms with E-state index in [1.165, 1.54) is 30.1 Å². The van der Waals surface area contributed by atoms with E-state index in [2.05, 4.69) is 35.8 Å². The largest absolute Gasteiger partial charge is 0.335 e. The number of nitrogens with one attached hydrogen (secondary N) is 1. The molecule has 78 valence electrons. The van der Waals surface area contributed by atoms with Gasteiger partial charge in [-0.25, -0.2) is 4.98 Å². The zero-order chi connectivity index (χ0) is 10.1. The van der Waals surface area contributed by atoms with Gasteiger partial charge in [0.2, 0.25) is 0 Å². The number of piperidine rings is 1. The van der Waals surface area contributed by atoms with Crippen LogP contribution in [0.15, 0.2) is 0 Å². The summed E-state index contributed by atoms with van der Waals surface area (Å²) in [6.45, 7) is 6.51. The van der Waals surface area contributed by atoms with Gasteiger partial charge in [-0.1, -0.05) is 0 Å². The number of imidazole rings is 1. The van der Waals surface area contributed by atoms with Crippen molar-refractivity contribution in [3.63, 3.8) is 0 Å². The monoisotopic (exact) mass is 193 g/mol. The maximum atomic E-state index is 4.67. The molecule has 1 saturated heterocycles. The Balaban J connectivity index is 2.26. The Kier molecular flexibility index (Phi) is 2.59. The lowest BCUT2D eigenvalue weighted by Crippen LogP contribution is -2.27. The van der Waals surface area contributed by atoms with Gasteiger partial charge in [-0.2, -0.15) is 0 Å². The molecule has 0 aliphatic carbocycles. The Morgan fingerprint density at radius 1 is 1.29 bits per heavy atom. The summed E-state index contributed by atoms with van der Waals surface area (Å²) in [5.41, 5.74) is 2.49. The first kappa shape index (κ1) is 9.71. The summed E-state index contributed by atoms with van der Waals surface area (Å²) in [7, 11) is 2.13. The smallest absolute Gasteiger partial charge is 0.112 e. The van der Waals surface area contributed by atoms with Crippen LogP contribution in [0.4, 0.5) is 0 Å². The Morgan fingerprint density at radius 2 is 1.93 bits per heavy atom. The molecule has 1 aliphatic heterocycles. The van der Waals surface area contributed by atoms with Crippen LogP contribution in [-0.4, -0.2) is 22.6 Å². The number of nitrogens with zero attached hydrogens (tertiary/aromatic N) is 2. The third kappa shape index (κ3) is 1.57. The van der Waals surface area contributed by atoms with Crippen molar-refractivity contribution in [3.8, 4) is 0 Å². The maximum Gasteiger partial charge on any atom is 0.112 e. The fraction of sp³-hybridized carbons (Fsp3) is 0.727. The van der Waals surface area contributed by atoms with E-state index in [-0.39, 0.29) is 0 Å². The number of hydrogen-bond donors (Lipinski definition) is 1. The first-order valence-corrected chi connectivity index (χ1v) is 5.40. The standard InChI is InChI=1S/C11H19N3/c1-8-9(2)14(3)11(13-8)10-4-6-12-7-5-10/h10,12H,4-7H2,1-3H3. The minimum atomic E-state index is 0.661. The molecular formula is C11H19N3. The fourth-order valence-electron chi connectivity index (χ4n) is 2.19. The second-order valence-electron chi connectivity index (χ2n) is 4.22. The van der Waals surface area contributed by atoms with Crippen molar-refractivity contribution < 1.29 is 0 Å². The highest BCUT2D eigenvalue weighted by molar-refractivity contribution is 5.16. The van der Waals surface area contributed by atoms with Gasteiger partial charge in [0.15, 0.2) is 0 Å². The predicted octanol–water partition coefficient (Wildman–Crippen LogP) is 1.50. The van der Waals surface area contributed by atoms with Crippen molar-refractivity contribution in [1.82, 2.24) is 14.9 Å². The van der Waals surface area contributed by atoms with Crippen molar-refractivity contribution in [2.24, 2.45) is 7.05 Å². The van der Waals surface area contributed by atoms with E-state index >= 15 is 0 Å². The number of aromatic nitrogens is 2. The lowest BCUT2D eigenvalue weighted by atomic mass is 9.97. The zero-order valence-electron chi connectivity index (χ0n) is 9.30. The average Bonchev–Trinajstić information content (AvgIpc) is 2.47. The molecule has 2 rings (SSSR count). The van der Waals surface area contributed by atoms with E-state index in [9.17, 15) is 0 Å². The molecule has 0 bridgehead atoms. The highest BCUT2D eigenvalue weighted by Gasteiger charge is 2.20. The van der Waals surface area contributed by atoms with Gasteiger partial charge in [0, 0.05) is 18.7 Å². The van der Waals surface area contributed by atoms with Crippen LogP contribution < -0.4 is 5.32 Å². The van der Waals surface area contributed by atoms with Gasteiger partial charge in [-0.15, -0.1) is 0 Å². The summed E-state index contributed by atoms with van der Waals surface area (Å²) < 4.78 is 2.26. The Bertz CT molecular complexity index is 322. The van der Waals surface area contributed by atoms with Gasteiger partial charge in [0.1, 0.15) is 5.82 Å². The van der Waals surface area contributed by atoms with Crippen LogP contribution in [0.3, 0.4) is 0 Å². The van der Waals surface area contributed by atoms with E-state index in [0.29, 0.717) is 5.92 Å². The molecule has 0 atom stereocenters. The quantitative estimate of drug-likeness (QED) is 0.732. The number of hydrogen-bond acceptors (Lipinski definition) is 2. The highest BCUT2D eigenvalue weighted by atomic mass is 15.1. The lowest BCUT2D eigenvalue weighted by molar-refractivity contribution is 0.436. The highest BCUT2D eigenvalue weighted by Crippen LogP contribution is 2.25. The minimum absolute atomic E-state index is 0.661. The van der Waals surface area contributed by atoms with Crippen molar-refractivity contribution in [2.45, 2.75) is 32.6 Å². The number of rotatable bonds is 1. The van der Waals surface area contributed by atoms with Crippen LogP contribution in [0.25, 0.3) is 0 Å². The Labute approximate surface area is 85.5 Å². The molecular weight excluding hydrogens is 174 g/mol. The predicted molar refractivity (Wildman–Crippen MR) is 57.5 cm³/mol. The molecule has 1 N–H and O–H groups in total. The third-order valence-corrected chi connectivity index (χ3v) is 3.36. The van der Waals surface area contributed by atoms with Crippen molar-refractivity contribution >= 4 is 0 Å². The average molecular weight is 193 g/mol. The lowest BCUT2D eigenvalue weighted by Gasteiger charge is -2.22. The van der Waals surface area contributed by atoms with E-state index < -0.39 is 0 Å². The van der Waals surface area contributed by atoms with Crippen molar-refractivity contribution in [1.29, 1.82) is 0 Å². The van der Waals surface area contributed by atoms with E-state index in [1.807, 2.05) is 0 Å². The molecule has 3 nitrogen and oxygen atoms in total. The molecule has 1 aromatic rings. The van der Waals surface area contributed by atoms with Crippen LogP contribution in [0.2, 0.25) is 0 Å². The summed E-state index contributed by atoms with van der Waals surface area (Å²) in [5, 5.41) is 3.39. The molecule has 1 fully saturated rings. The Morgan fingerprint density at radius 3 is 2.43 bits per heavy atom. The number of aryl methyl sites for hydroxylation is 1. The van der Waals surface area contributed by atoms with E-state index in [0.717, 1.165) is 13.1 Å².